The molecule has 41 nitrogen and oxygen atoms in total. The zero-order valence-corrected chi connectivity index (χ0v) is 70.6. The fraction of sp³-hybridized carbons (Fsp3) is 0.590. The van der Waals surface area contributed by atoms with Crippen LogP contribution in [0.5, 0.6) is 0 Å². The smallest absolute Gasteiger partial charge is 0.325 e. The maximum atomic E-state index is 15.4. The van der Waals surface area contributed by atoms with Gasteiger partial charge < -0.3 is 106 Å². The fourth-order valence-corrected chi connectivity index (χ4v) is 14.5. The number of likely N-dealkylation sites (N-methyl/N-ethyl adjacent to an activating group) is 2. The first-order valence-electron chi connectivity index (χ1n) is 39.2. The van der Waals surface area contributed by atoms with Crippen LogP contribution in [0.1, 0.15) is 145 Å². The molecule has 5 rings (SSSR count). The van der Waals surface area contributed by atoms with Crippen LogP contribution in [0, 0.1) is 22.7 Å². The number of ketones is 1. The number of esters is 1. The molecule has 15 atom stereocenters. The third-order valence-corrected chi connectivity index (χ3v) is 21.1. The van der Waals surface area contributed by atoms with Crippen molar-refractivity contribution in [2.45, 2.75) is 232 Å². The summed E-state index contributed by atoms with van der Waals surface area (Å²) in [6.45, 7) is 15.6. The van der Waals surface area contributed by atoms with Gasteiger partial charge in [0, 0.05) is 75.9 Å². The van der Waals surface area contributed by atoms with Crippen LogP contribution in [0.3, 0.4) is 0 Å². The molecule has 0 spiro atoms. The van der Waals surface area contributed by atoms with Crippen molar-refractivity contribution < 1.29 is 104 Å². The number of H-pyrrole nitrogens is 1. The molecule has 21 N–H and O–H groups in total. The van der Waals surface area contributed by atoms with Gasteiger partial charge in [0.05, 0.1) is 18.6 Å². The highest BCUT2D eigenvalue weighted by Crippen LogP contribution is 2.33. The summed E-state index contributed by atoms with van der Waals surface area (Å²) in [5.41, 5.74) is 21.8. The number of rotatable bonds is 36. The number of hydrogen-bond donors (Lipinski definition) is 17. The Morgan fingerprint density at radius 2 is 1.32 bits per heavy atom. The van der Waals surface area contributed by atoms with Crippen LogP contribution in [0.4, 0.5) is 0 Å². The molecule has 0 saturated carbocycles. The van der Waals surface area contributed by atoms with Crippen LogP contribution < -0.4 is 76.1 Å². The quantitative estimate of drug-likeness (QED) is 0.00656. The van der Waals surface area contributed by atoms with Gasteiger partial charge in [0.1, 0.15) is 84.9 Å². The molecule has 0 bridgehead atoms. The lowest BCUT2D eigenvalue weighted by atomic mass is 9.74. The van der Waals surface area contributed by atoms with E-state index in [1.54, 1.807) is 116 Å². The zero-order chi connectivity index (χ0) is 90.2. The number of aromatic amines is 1. The molecule has 662 valence electrons. The Bertz CT molecular complexity index is 4370. The van der Waals surface area contributed by atoms with Crippen molar-refractivity contribution in [3.63, 3.8) is 0 Å². The van der Waals surface area contributed by atoms with Gasteiger partial charge >= 0.3 is 5.97 Å². The molecule has 1 aromatic heterocycles. The highest BCUT2D eigenvalue weighted by molar-refractivity contribution is 7.85. The number of primary amides is 2. The topological polar surface area (TPSA) is 636 Å². The standard InChI is InChI=1S/C78H117N19O22S/c1-40(2)31-50-68(108)92-61(42(4)99)72(112)90-53(35-59(80)102)73(113)95(12)37-60(103)119-43(5)62(75(115)96(13)55(70(110)88-50)27-28-58(79)101)93-69(109)54(38-120(116,117)118)91-66(106)49(25-19-29-83-76(81)82)86-67(107)51(33-45-36-84-48-24-18-17-23-46(45)48)87-65(105)47(77(6,7)8)34-57(100)63(78(9,10)11)94-71(111)56-26-20-30-97(56)74(114)52(32-44-21-15-14-16-22-44)89-64(104)41(3)85-39-98/h14-18,21-24,36,39-43,47,49-56,61-63,84,99H,19-20,25-35,37-38H2,1-13H3,(H2,79,101)(H2,80,102)(H,85,98)(H,86,107)(H,87,105)(H,88,110)(H,89,104)(H,90,112)(H,91,106)(H,92,108)(H,93,109)(H,94,111)(H4,81,82,83)(H,116,117,118)/t41-,42-,43-,47-,49+,50-,51-,52+,53+,54-,55+,56+,61?,62+,63+/m1/s1. The summed E-state index contributed by atoms with van der Waals surface area (Å²) in [6, 6.07) is -4.70. The van der Waals surface area contributed by atoms with Crippen molar-refractivity contribution in [2.24, 2.45) is 50.6 Å². The number of cyclic esters (lactones) is 1. The second kappa shape index (κ2) is 44.4. The first kappa shape index (κ1) is 98.9. The average Bonchev–Trinajstić information content (AvgIpc) is 1.58. The number of amides is 15. The van der Waals surface area contributed by atoms with Gasteiger partial charge in [-0.15, -0.1) is 0 Å². The average molecular weight is 1700 g/mol. The van der Waals surface area contributed by atoms with Crippen molar-refractivity contribution in [3.05, 3.63) is 71.9 Å². The fourth-order valence-electron chi connectivity index (χ4n) is 13.8. The van der Waals surface area contributed by atoms with Gasteiger partial charge in [-0.2, -0.15) is 8.42 Å². The number of aliphatic hydroxyl groups is 1. The van der Waals surface area contributed by atoms with E-state index in [1.165, 1.54) is 11.8 Å². The van der Waals surface area contributed by atoms with Gasteiger partial charge in [-0.1, -0.05) is 104 Å². The molecule has 2 saturated heterocycles. The Morgan fingerprint density at radius 1 is 0.708 bits per heavy atom. The SMILES string of the molecule is CC(C)C[C@H]1NC(=O)[C@H](CCC(N)=O)N(C)C(=O)[C@@H](NC(=O)[C@@H](CS(=O)(=O)O)NC(=O)[C@H](CCCN=C(N)N)NC(=O)[C@@H](Cc2c[nH]c3ccccc23)NC(=O)[C@@H](CC(=O)[C@H](NC(=O)[C@@H]2CCCN2C(=O)[C@H](Cc2ccccc2)NC(=O)[C@@H](C)NC=O)C(C)(C)C)C(C)(C)C)[C@@H](C)OC(=O)CN(C)C(=O)[C@H](CC(N)=O)NC(=O)C([C@@H](C)O)NC1=O. The molecule has 120 heavy (non-hydrogen) atoms. The number of benzene rings is 2. The number of carbonyl (C=O) groups is 17. The number of fused-ring (bicyclic) bond motifs is 1. The monoisotopic (exact) mass is 1700 g/mol. The summed E-state index contributed by atoms with van der Waals surface area (Å²) < 4.78 is 42.2. The summed E-state index contributed by atoms with van der Waals surface area (Å²) >= 11 is 0. The zero-order valence-electron chi connectivity index (χ0n) is 69.8. The van der Waals surface area contributed by atoms with E-state index in [-0.39, 0.29) is 45.2 Å². The van der Waals surface area contributed by atoms with Gasteiger partial charge in [-0.05, 0) is 93.2 Å². The molecular formula is C78H117N19O22S. The Kier molecular flexibility index (Phi) is 36.6. The van der Waals surface area contributed by atoms with E-state index >= 15 is 28.8 Å². The largest absolute Gasteiger partial charge is 0.459 e. The number of nitrogens with zero attached hydrogens (tertiary/aromatic N) is 4. The number of Topliss-reactive ketones (excluding diaryl/α,β-unsaturated/α-hetero) is 1. The maximum Gasteiger partial charge on any atom is 0.325 e. The predicted molar refractivity (Wildman–Crippen MR) is 434 cm³/mol. The molecule has 2 fully saturated rings. The molecule has 42 heteroatoms. The lowest BCUT2D eigenvalue weighted by molar-refractivity contribution is -0.158. The molecule has 0 aliphatic carbocycles. The van der Waals surface area contributed by atoms with Crippen molar-refractivity contribution in [1.29, 1.82) is 0 Å². The van der Waals surface area contributed by atoms with Crippen molar-refractivity contribution in [1.82, 2.24) is 72.9 Å². The maximum absolute atomic E-state index is 15.4. The third-order valence-electron chi connectivity index (χ3n) is 20.3. The lowest BCUT2D eigenvalue weighted by Gasteiger charge is -2.36. The number of nitrogens with one attached hydrogen (secondary N) is 11. The summed E-state index contributed by atoms with van der Waals surface area (Å²) in [5, 5.41) is 36.1. The molecule has 2 aromatic carbocycles. The number of likely N-dealkylation sites (tertiary alicyclic amines) is 1. The first-order valence-corrected chi connectivity index (χ1v) is 40.9. The number of guanidine groups is 1. The number of aliphatic imine (C=N–C) groups is 1. The number of ether oxygens (including phenoxy) is 1. The summed E-state index contributed by atoms with van der Waals surface area (Å²) in [7, 11) is -3.44. The number of aromatic nitrogens is 1. The summed E-state index contributed by atoms with van der Waals surface area (Å²) in [6.07, 6.45) is -5.19. The Hall–Kier alpha value is -11.7. The second-order valence-electron chi connectivity index (χ2n) is 32.8. The van der Waals surface area contributed by atoms with E-state index in [4.69, 9.17) is 27.7 Å². The molecule has 2 aliphatic rings. The molecule has 15 amide bonds. The van der Waals surface area contributed by atoms with Crippen LogP contribution in [0.2, 0.25) is 0 Å². The molecule has 3 heterocycles. The van der Waals surface area contributed by atoms with Crippen LogP contribution >= 0.6 is 0 Å². The molecule has 3 aromatic rings. The Morgan fingerprint density at radius 3 is 1.91 bits per heavy atom. The predicted octanol–water partition coefficient (Wildman–Crippen LogP) is -4.15. The highest BCUT2D eigenvalue weighted by atomic mass is 32.2. The highest BCUT2D eigenvalue weighted by Gasteiger charge is 2.46. The number of aliphatic hydroxyl groups excluding tert-OH is 1. The molecule has 0 radical (unpaired) electrons. The van der Waals surface area contributed by atoms with Gasteiger partial charge in [0.25, 0.3) is 10.1 Å². The van der Waals surface area contributed by atoms with Crippen molar-refractivity contribution >= 4 is 128 Å². The van der Waals surface area contributed by atoms with Gasteiger partial charge in [0.2, 0.25) is 89.1 Å². The molecule has 2 aliphatic heterocycles. The van der Waals surface area contributed by atoms with E-state index in [2.05, 4.69) is 63.1 Å². The van der Waals surface area contributed by atoms with E-state index in [9.17, 15) is 70.8 Å². The third kappa shape index (κ3) is 30.0. The van der Waals surface area contributed by atoms with Gasteiger partial charge in [0.15, 0.2) is 11.7 Å². The number of carbonyl (C=O) groups excluding carboxylic acids is 17. The van der Waals surface area contributed by atoms with E-state index in [0.29, 0.717) is 44.7 Å². The lowest BCUT2D eigenvalue weighted by Crippen LogP contribution is -2.63. The normalized spacial score (nSPS) is 20.8. The Balaban J connectivity index is 1.56. The van der Waals surface area contributed by atoms with Crippen molar-refractivity contribution in [2.75, 3.05) is 39.5 Å². The number of nitrogens with two attached hydrogens (primary N) is 4. The minimum atomic E-state index is -5.43. The van der Waals surface area contributed by atoms with Crippen LogP contribution in [0.15, 0.2) is 65.8 Å². The first-order chi connectivity index (χ1) is 55.9. The minimum absolute atomic E-state index is 0.0159. The van der Waals surface area contributed by atoms with E-state index < -0.39 is 262 Å². The van der Waals surface area contributed by atoms with Crippen LogP contribution in [-0.2, 0) is 109 Å². The van der Waals surface area contributed by atoms with Crippen LogP contribution in [-0.4, -0.2) is 269 Å². The number of hydrogen-bond acceptors (Lipinski definition) is 22. The van der Waals surface area contributed by atoms with Gasteiger partial charge in [-0.3, -0.25) is 91.1 Å². The Labute approximate surface area is 695 Å². The van der Waals surface area contributed by atoms with E-state index in [1.807, 2.05) is 0 Å². The number of para-hydroxylation sites is 1. The summed E-state index contributed by atoms with van der Waals surface area (Å²) in [5.74, 6) is -21.1. The van der Waals surface area contributed by atoms with Crippen molar-refractivity contribution in [3.8, 4) is 0 Å². The molecule has 1 unspecified atom stereocenters. The van der Waals surface area contributed by atoms with Gasteiger partial charge in [-0.25, -0.2) is 0 Å². The summed E-state index contributed by atoms with van der Waals surface area (Å²) in [4.78, 5) is 250. The second-order valence-corrected chi connectivity index (χ2v) is 34.3. The minimum Gasteiger partial charge on any atom is -0.459 e. The van der Waals surface area contributed by atoms with E-state index in [0.717, 1.165) is 27.9 Å². The van der Waals surface area contributed by atoms with Crippen LogP contribution in [0.25, 0.3) is 10.9 Å². The molecular weight excluding hydrogens is 1590 g/mol.